The fourth-order valence-electron chi connectivity index (χ4n) is 9.78. The Morgan fingerprint density at radius 1 is 0.275 bits per heavy atom. The molecule has 0 spiro atoms. The van der Waals surface area contributed by atoms with Crippen LogP contribution in [0.4, 0.5) is 0 Å². The van der Waals surface area contributed by atoms with Gasteiger partial charge in [0.15, 0.2) is 46.0 Å². The van der Waals surface area contributed by atoms with Crippen molar-refractivity contribution in [3.63, 3.8) is 0 Å². The summed E-state index contributed by atoms with van der Waals surface area (Å²) in [5, 5.41) is 36.9. The van der Waals surface area contributed by atoms with Crippen LogP contribution in [0, 0.1) is 23.7 Å². The number of aliphatic hydroxyl groups is 4. The summed E-state index contributed by atoms with van der Waals surface area (Å²) < 4.78 is 89.6. The lowest BCUT2D eigenvalue weighted by molar-refractivity contribution is 0.0454. The van der Waals surface area contributed by atoms with Crippen molar-refractivity contribution in [2.75, 3.05) is 165 Å². The van der Waals surface area contributed by atoms with Crippen molar-refractivity contribution in [1.29, 1.82) is 0 Å². The second-order valence-electron chi connectivity index (χ2n) is 18.5. The Bertz CT molecular complexity index is 2050. The number of methoxy groups -OCH3 is 12. The normalized spacial score (nSPS) is 12.5. The average Bonchev–Trinajstić information content (AvgIpc) is 3.50. The average molecular weight is 1130 g/mol. The summed E-state index contributed by atoms with van der Waals surface area (Å²) in [6.07, 6.45) is 6.09. The minimum atomic E-state index is -0.0521. The summed E-state index contributed by atoms with van der Waals surface area (Å²) in [6, 6.07) is 15.7. The van der Waals surface area contributed by atoms with Gasteiger partial charge in [-0.25, -0.2) is 0 Å². The van der Waals surface area contributed by atoms with Crippen molar-refractivity contribution in [2.24, 2.45) is 23.7 Å². The van der Waals surface area contributed by atoms with Gasteiger partial charge in [-0.3, -0.25) is 0 Å². The first-order valence-electron chi connectivity index (χ1n) is 26.9. The summed E-state index contributed by atoms with van der Waals surface area (Å²) in [6.45, 7) is 2.99. The molecule has 0 unspecified atom stereocenters. The standard InChI is InChI=1S/2C30H46O10/c2*1-33-25-16-21(17-26(34-2)29(25)37-5)14-23(8-7-11-39-12-9-31)24(20-40-13-10-32)15-22-18-27(35-3)30(38-6)28(19-22)36-4/h2*16-19,23-24,31-32H,7-15,20H2,1-6H3/t2*23-,24+/m10/s1. The molecule has 0 aliphatic heterocycles. The lowest BCUT2D eigenvalue weighted by Gasteiger charge is -2.29. The van der Waals surface area contributed by atoms with Crippen LogP contribution in [0.15, 0.2) is 48.5 Å². The molecule has 0 saturated carbocycles. The zero-order valence-electron chi connectivity index (χ0n) is 49.4. The quantitative estimate of drug-likeness (QED) is 0.0324. The van der Waals surface area contributed by atoms with Crippen molar-refractivity contribution < 1.29 is 96.2 Å². The van der Waals surface area contributed by atoms with E-state index in [2.05, 4.69) is 0 Å². The van der Waals surface area contributed by atoms with Crippen molar-refractivity contribution in [2.45, 2.75) is 51.4 Å². The number of hydrogen-bond donors (Lipinski definition) is 4. The van der Waals surface area contributed by atoms with E-state index in [1.807, 2.05) is 48.5 Å². The number of aliphatic hydroxyl groups excluding tert-OH is 4. The second-order valence-corrected chi connectivity index (χ2v) is 18.5. The Hall–Kier alpha value is -5.84. The largest absolute Gasteiger partial charge is 0.493 e. The van der Waals surface area contributed by atoms with Gasteiger partial charge in [-0.1, -0.05) is 0 Å². The fraction of sp³-hybridized carbons (Fsp3) is 0.600. The highest BCUT2D eigenvalue weighted by Gasteiger charge is 2.28. The molecule has 0 amide bonds. The van der Waals surface area contributed by atoms with Crippen LogP contribution in [0.3, 0.4) is 0 Å². The molecule has 0 fully saturated rings. The molecule has 4 aromatic rings. The van der Waals surface area contributed by atoms with E-state index in [0.29, 0.717) is 134 Å². The van der Waals surface area contributed by atoms with Crippen molar-refractivity contribution in [3.05, 3.63) is 70.8 Å². The molecule has 80 heavy (non-hydrogen) atoms. The predicted octanol–water partition coefficient (Wildman–Crippen LogP) is 7.11. The number of benzene rings is 4. The smallest absolute Gasteiger partial charge is 0.203 e. The van der Waals surface area contributed by atoms with Crippen molar-refractivity contribution in [1.82, 2.24) is 0 Å². The van der Waals surface area contributed by atoms with Gasteiger partial charge >= 0.3 is 0 Å². The van der Waals surface area contributed by atoms with Crippen LogP contribution in [0.25, 0.3) is 0 Å². The molecule has 0 radical (unpaired) electrons. The Labute approximate surface area is 474 Å². The molecular weight excluding hydrogens is 1040 g/mol. The zero-order valence-corrected chi connectivity index (χ0v) is 49.4. The van der Waals surface area contributed by atoms with Gasteiger partial charge in [0, 0.05) is 13.2 Å². The molecular formula is C60H92O20. The van der Waals surface area contributed by atoms with Gasteiger partial charge < -0.3 is 96.2 Å². The minimum Gasteiger partial charge on any atom is -0.493 e. The van der Waals surface area contributed by atoms with Crippen LogP contribution in [-0.2, 0) is 44.6 Å². The lowest BCUT2D eigenvalue weighted by atomic mass is 9.80. The van der Waals surface area contributed by atoms with Gasteiger partial charge in [0.25, 0.3) is 0 Å². The van der Waals surface area contributed by atoms with E-state index in [-0.39, 0.29) is 63.3 Å². The zero-order chi connectivity index (χ0) is 58.7. The Morgan fingerprint density at radius 3 is 0.688 bits per heavy atom. The van der Waals surface area contributed by atoms with Crippen molar-refractivity contribution in [3.8, 4) is 69.0 Å². The molecule has 20 nitrogen and oxygen atoms in total. The summed E-state index contributed by atoms with van der Waals surface area (Å²) in [7, 11) is 19.1. The molecule has 4 rings (SSSR count). The Kier molecular flexibility index (Phi) is 33.8. The maximum Gasteiger partial charge on any atom is 0.203 e. The molecule has 0 saturated heterocycles. The Morgan fingerprint density at radius 2 is 0.487 bits per heavy atom. The van der Waals surface area contributed by atoms with Crippen LogP contribution in [0.2, 0.25) is 0 Å². The number of ether oxygens (including phenoxy) is 16. The molecule has 20 heteroatoms. The van der Waals surface area contributed by atoms with Crippen molar-refractivity contribution >= 4 is 0 Å². The summed E-state index contributed by atoms with van der Waals surface area (Å²) in [4.78, 5) is 0. The topological polar surface area (TPSA) is 229 Å². The highest BCUT2D eigenvalue weighted by molar-refractivity contribution is 5.56. The van der Waals surface area contributed by atoms with E-state index in [4.69, 9.17) is 86.0 Å². The van der Waals surface area contributed by atoms with Crippen LogP contribution < -0.4 is 56.8 Å². The maximum atomic E-state index is 9.38. The van der Waals surface area contributed by atoms with Gasteiger partial charge in [-0.2, -0.15) is 0 Å². The third kappa shape index (κ3) is 21.6. The van der Waals surface area contributed by atoms with E-state index < -0.39 is 0 Å². The van der Waals surface area contributed by atoms with Crippen LogP contribution >= 0.6 is 0 Å². The summed E-state index contributed by atoms with van der Waals surface area (Å²) in [5.74, 6) is 7.39. The van der Waals surface area contributed by atoms with Gasteiger partial charge in [0.2, 0.25) is 23.0 Å². The minimum absolute atomic E-state index is 0.00632. The molecule has 4 N–H and O–H groups in total. The SMILES string of the molecule is COc1cc(C[C@@H](CCCOCCO)[C@H](COCCO)Cc2cc(OC)c(OC)c(OC)c2)cc(OC)c1OC.COc1cc(C[C@H](CCCOCCO)[C@@H](COCCO)Cc2cc(OC)c(OC)c(OC)c2)cc(OC)c1OC. The monoisotopic (exact) mass is 1130 g/mol. The van der Waals surface area contributed by atoms with Gasteiger partial charge in [0.05, 0.1) is 151 Å². The first-order chi connectivity index (χ1) is 39.0. The first-order valence-corrected chi connectivity index (χ1v) is 26.9. The first kappa shape index (κ1) is 68.4. The van der Waals surface area contributed by atoms with E-state index >= 15 is 0 Å². The van der Waals surface area contributed by atoms with E-state index in [1.54, 1.807) is 85.3 Å². The predicted molar refractivity (Wildman–Crippen MR) is 303 cm³/mol. The van der Waals surface area contributed by atoms with Crippen LogP contribution in [0.1, 0.15) is 47.9 Å². The maximum absolute atomic E-state index is 9.38. The van der Waals surface area contributed by atoms with E-state index in [1.165, 1.54) is 0 Å². The van der Waals surface area contributed by atoms with Gasteiger partial charge in [0.1, 0.15) is 0 Å². The summed E-state index contributed by atoms with van der Waals surface area (Å²) in [5.41, 5.74) is 4.10. The number of hydrogen-bond acceptors (Lipinski definition) is 20. The Balaban J connectivity index is 0.000000420. The molecule has 0 aliphatic carbocycles. The van der Waals surface area contributed by atoms with E-state index in [9.17, 15) is 10.2 Å². The fourth-order valence-corrected chi connectivity index (χ4v) is 9.78. The molecule has 0 aromatic heterocycles. The molecule has 0 heterocycles. The second kappa shape index (κ2) is 39.5. The molecule has 4 aromatic carbocycles. The highest BCUT2D eigenvalue weighted by atomic mass is 16.6. The lowest BCUT2D eigenvalue weighted by Crippen LogP contribution is -2.26. The third-order valence-electron chi connectivity index (χ3n) is 13.6. The molecule has 0 aliphatic rings. The third-order valence-corrected chi connectivity index (χ3v) is 13.6. The van der Waals surface area contributed by atoms with Crippen LogP contribution in [0.5, 0.6) is 69.0 Å². The summed E-state index contributed by atoms with van der Waals surface area (Å²) >= 11 is 0. The van der Waals surface area contributed by atoms with Gasteiger partial charge in [-0.15, -0.1) is 0 Å². The van der Waals surface area contributed by atoms with E-state index in [0.717, 1.165) is 47.9 Å². The van der Waals surface area contributed by atoms with Crippen LogP contribution in [-0.4, -0.2) is 185 Å². The van der Waals surface area contributed by atoms with Gasteiger partial charge in [-0.05, 0) is 146 Å². The molecule has 0 bridgehead atoms. The molecule has 4 atom stereocenters. The molecule has 452 valence electrons. The number of rotatable bonds is 42. The highest BCUT2D eigenvalue weighted by Crippen LogP contribution is 2.44.